The Balaban J connectivity index is 1.97. The maximum atomic E-state index is 11.1. The number of aromatic nitrogens is 2. The zero-order valence-electron chi connectivity index (χ0n) is 10.0. The van der Waals surface area contributed by atoms with E-state index in [0.717, 1.165) is 6.26 Å². The SMILES string of the molecule is CNC(Cc1nc(CS(C)(=O)=O)no1)C1CC1. The smallest absolute Gasteiger partial charge is 0.228 e. The van der Waals surface area contributed by atoms with E-state index in [1.165, 1.54) is 12.8 Å². The third-order valence-electron chi connectivity index (χ3n) is 2.86. The van der Waals surface area contributed by atoms with Crippen molar-refractivity contribution in [3.8, 4) is 0 Å². The van der Waals surface area contributed by atoms with Crippen LogP contribution in [0.4, 0.5) is 0 Å². The molecule has 0 saturated heterocycles. The fourth-order valence-electron chi connectivity index (χ4n) is 1.86. The third kappa shape index (κ3) is 3.78. The molecule has 1 saturated carbocycles. The van der Waals surface area contributed by atoms with Crippen molar-refractivity contribution in [1.29, 1.82) is 0 Å². The molecular weight excluding hydrogens is 242 g/mol. The number of likely N-dealkylation sites (N-methyl/N-ethyl adjacent to an activating group) is 1. The third-order valence-corrected chi connectivity index (χ3v) is 3.64. The Morgan fingerprint density at radius 3 is 2.76 bits per heavy atom. The average Bonchev–Trinajstić information content (AvgIpc) is 2.96. The molecule has 1 aromatic heterocycles. The predicted molar refractivity (Wildman–Crippen MR) is 62.1 cm³/mol. The second-order valence-corrected chi connectivity index (χ2v) is 6.75. The lowest BCUT2D eigenvalue weighted by atomic mass is 10.1. The van der Waals surface area contributed by atoms with E-state index < -0.39 is 9.84 Å². The van der Waals surface area contributed by atoms with Crippen LogP contribution in [-0.2, 0) is 22.0 Å². The van der Waals surface area contributed by atoms with Gasteiger partial charge in [0.15, 0.2) is 15.7 Å². The second kappa shape index (κ2) is 4.73. The summed E-state index contributed by atoms with van der Waals surface area (Å²) >= 11 is 0. The Labute approximate surface area is 101 Å². The molecular formula is C10H17N3O3S. The molecule has 0 amide bonds. The lowest BCUT2D eigenvalue weighted by Crippen LogP contribution is -2.29. The Hall–Kier alpha value is -0.950. The molecule has 1 N–H and O–H groups in total. The first-order chi connectivity index (χ1) is 7.98. The molecule has 1 fully saturated rings. The van der Waals surface area contributed by atoms with E-state index in [2.05, 4.69) is 15.5 Å². The minimum atomic E-state index is -3.10. The monoisotopic (exact) mass is 259 g/mol. The van der Waals surface area contributed by atoms with Crippen molar-refractivity contribution < 1.29 is 12.9 Å². The van der Waals surface area contributed by atoms with Gasteiger partial charge >= 0.3 is 0 Å². The van der Waals surface area contributed by atoms with Crippen molar-refractivity contribution in [2.45, 2.75) is 31.1 Å². The highest BCUT2D eigenvalue weighted by Gasteiger charge is 2.31. The highest BCUT2D eigenvalue weighted by molar-refractivity contribution is 7.89. The summed E-state index contributed by atoms with van der Waals surface area (Å²) in [7, 11) is -1.19. The summed E-state index contributed by atoms with van der Waals surface area (Å²) in [6, 6.07) is 0.349. The summed E-state index contributed by atoms with van der Waals surface area (Å²) in [6.07, 6.45) is 4.28. The maximum absolute atomic E-state index is 11.1. The van der Waals surface area contributed by atoms with Gasteiger partial charge in [0.1, 0.15) is 5.75 Å². The Morgan fingerprint density at radius 2 is 2.24 bits per heavy atom. The number of sulfone groups is 1. The molecule has 1 aromatic rings. The lowest BCUT2D eigenvalue weighted by molar-refractivity contribution is 0.349. The van der Waals surface area contributed by atoms with E-state index in [1.807, 2.05) is 7.05 Å². The molecule has 0 aromatic carbocycles. The van der Waals surface area contributed by atoms with E-state index >= 15 is 0 Å². The van der Waals surface area contributed by atoms with Gasteiger partial charge in [-0.2, -0.15) is 4.98 Å². The van der Waals surface area contributed by atoms with Gasteiger partial charge < -0.3 is 9.84 Å². The van der Waals surface area contributed by atoms with Crippen LogP contribution in [0.3, 0.4) is 0 Å². The van der Waals surface area contributed by atoms with Crippen LogP contribution in [0.1, 0.15) is 24.6 Å². The average molecular weight is 259 g/mol. The first-order valence-corrected chi connectivity index (χ1v) is 7.70. The van der Waals surface area contributed by atoms with Gasteiger partial charge in [0.2, 0.25) is 5.89 Å². The molecule has 0 aliphatic heterocycles. The fourth-order valence-corrected chi connectivity index (χ4v) is 2.44. The molecule has 6 nitrogen and oxygen atoms in total. The zero-order chi connectivity index (χ0) is 12.5. The summed E-state index contributed by atoms with van der Waals surface area (Å²) in [5, 5.41) is 6.90. The topological polar surface area (TPSA) is 85.1 Å². The standard InChI is InChI=1S/C10H17N3O3S/c1-11-8(7-3-4-7)5-10-12-9(13-16-10)6-17(2,14)15/h7-8,11H,3-6H2,1-2H3. The minimum absolute atomic E-state index is 0.163. The van der Waals surface area contributed by atoms with Crippen LogP contribution < -0.4 is 5.32 Å². The van der Waals surface area contributed by atoms with Crippen molar-refractivity contribution in [3.63, 3.8) is 0 Å². The van der Waals surface area contributed by atoms with E-state index in [4.69, 9.17) is 4.52 Å². The highest BCUT2D eigenvalue weighted by atomic mass is 32.2. The highest BCUT2D eigenvalue weighted by Crippen LogP contribution is 2.33. The van der Waals surface area contributed by atoms with E-state index in [1.54, 1.807) is 0 Å². The maximum Gasteiger partial charge on any atom is 0.228 e. The molecule has 1 aliphatic rings. The summed E-state index contributed by atoms with van der Waals surface area (Å²) in [4.78, 5) is 4.10. The van der Waals surface area contributed by atoms with Gasteiger partial charge in [0.25, 0.3) is 0 Å². The number of hydrogen-bond acceptors (Lipinski definition) is 6. The van der Waals surface area contributed by atoms with Crippen molar-refractivity contribution in [2.24, 2.45) is 5.92 Å². The van der Waals surface area contributed by atoms with Gasteiger partial charge in [-0.25, -0.2) is 8.42 Å². The van der Waals surface area contributed by atoms with E-state index in [-0.39, 0.29) is 11.6 Å². The summed E-state index contributed by atoms with van der Waals surface area (Å²) in [5.41, 5.74) is 0. The van der Waals surface area contributed by atoms with Gasteiger partial charge in [0.05, 0.1) is 0 Å². The van der Waals surface area contributed by atoms with Gasteiger partial charge in [0, 0.05) is 18.7 Å². The number of nitrogens with one attached hydrogen (secondary N) is 1. The Bertz CT molecular complexity index is 479. The molecule has 1 unspecified atom stereocenters. The molecule has 96 valence electrons. The van der Waals surface area contributed by atoms with Crippen LogP contribution in [-0.4, -0.2) is 37.9 Å². The lowest BCUT2D eigenvalue weighted by Gasteiger charge is -2.11. The summed E-state index contributed by atoms with van der Waals surface area (Å²) in [5.74, 6) is 1.28. The Morgan fingerprint density at radius 1 is 1.53 bits per heavy atom. The van der Waals surface area contributed by atoms with Gasteiger partial charge in [-0.3, -0.25) is 0 Å². The van der Waals surface area contributed by atoms with Crippen molar-refractivity contribution in [2.75, 3.05) is 13.3 Å². The van der Waals surface area contributed by atoms with Gasteiger partial charge in [-0.1, -0.05) is 5.16 Å². The van der Waals surface area contributed by atoms with Crippen molar-refractivity contribution in [3.05, 3.63) is 11.7 Å². The zero-order valence-corrected chi connectivity index (χ0v) is 10.8. The number of hydrogen-bond donors (Lipinski definition) is 1. The van der Waals surface area contributed by atoms with Crippen LogP contribution in [0.2, 0.25) is 0 Å². The Kier molecular flexibility index (Phi) is 3.48. The van der Waals surface area contributed by atoms with Crippen LogP contribution in [0.15, 0.2) is 4.52 Å². The molecule has 1 aliphatic carbocycles. The normalized spacial score (nSPS) is 18.2. The molecule has 0 bridgehead atoms. The van der Waals surface area contributed by atoms with Crippen LogP contribution >= 0.6 is 0 Å². The van der Waals surface area contributed by atoms with E-state index in [9.17, 15) is 8.42 Å². The second-order valence-electron chi connectivity index (χ2n) is 4.61. The van der Waals surface area contributed by atoms with Crippen LogP contribution in [0.5, 0.6) is 0 Å². The van der Waals surface area contributed by atoms with Crippen LogP contribution in [0, 0.1) is 5.92 Å². The van der Waals surface area contributed by atoms with Crippen LogP contribution in [0.25, 0.3) is 0 Å². The van der Waals surface area contributed by atoms with Gasteiger partial charge in [-0.05, 0) is 25.8 Å². The molecule has 1 atom stereocenters. The first-order valence-electron chi connectivity index (χ1n) is 5.64. The molecule has 0 radical (unpaired) electrons. The van der Waals surface area contributed by atoms with Crippen molar-refractivity contribution in [1.82, 2.24) is 15.5 Å². The number of rotatable bonds is 6. The predicted octanol–water partition coefficient (Wildman–Crippen LogP) is 0.155. The molecule has 7 heteroatoms. The minimum Gasteiger partial charge on any atom is -0.339 e. The van der Waals surface area contributed by atoms with Gasteiger partial charge in [-0.15, -0.1) is 0 Å². The summed E-state index contributed by atoms with van der Waals surface area (Å²) in [6.45, 7) is 0. The number of nitrogens with zero attached hydrogens (tertiary/aromatic N) is 2. The summed E-state index contributed by atoms with van der Waals surface area (Å²) < 4.78 is 27.2. The molecule has 0 spiro atoms. The molecule has 2 rings (SSSR count). The largest absolute Gasteiger partial charge is 0.339 e. The molecule has 17 heavy (non-hydrogen) atoms. The first kappa shape index (κ1) is 12.5. The molecule has 1 heterocycles. The fraction of sp³-hybridized carbons (Fsp3) is 0.800. The van der Waals surface area contributed by atoms with Crippen molar-refractivity contribution >= 4 is 9.84 Å². The van der Waals surface area contributed by atoms with E-state index in [0.29, 0.717) is 24.3 Å². The quantitative estimate of drug-likeness (QED) is 0.783.